The van der Waals surface area contributed by atoms with Gasteiger partial charge in [-0.15, -0.1) is 21.5 Å². The summed E-state index contributed by atoms with van der Waals surface area (Å²) in [5.74, 6) is 0. The first-order valence-electron chi connectivity index (χ1n) is 6.53. The number of carbonyl (C=O) groups excluding carboxylic acids is 1. The Labute approximate surface area is 125 Å². The van der Waals surface area contributed by atoms with E-state index < -0.39 is 6.09 Å². The molecule has 0 saturated carbocycles. The Morgan fingerprint density at radius 2 is 2.19 bits per heavy atom. The highest BCUT2D eigenvalue weighted by Gasteiger charge is 2.06. The van der Waals surface area contributed by atoms with Crippen LogP contribution in [-0.2, 0) is 17.8 Å². The average Bonchev–Trinajstić information content (AvgIpc) is 3.11. The molecule has 108 valence electrons. The van der Waals surface area contributed by atoms with Gasteiger partial charge in [0.05, 0.1) is 0 Å². The minimum absolute atomic E-state index is 0.279. The zero-order valence-electron chi connectivity index (χ0n) is 11.2. The molecule has 0 aliphatic heterocycles. The van der Waals surface area contributed by atoms with Gasteiger partial charge in [0, 0.05) is 24.0 Å². The van der Waals surface area contributed by atoms with Crippen molar-refractivity contribution in [3.05, 3.63) is 53.3 Å². The fourth-order valence-electron chi connectivity index (χ4n) is 1.93. The molecule has 1 N–H and O–H groups in total. The van der Waals surface area contributed by atoms with Crippen LogP contribution in [0.5, 0.6) is 0 Å². The zero-order chi connectivity index (χ0) is 14.5. The van der Waals surface area contributed by atoms with Gasteiger partial charge in [-0.25, -0.2) is 4.79 Å². The Hall–Kier alpha value is -2.41. The molecule has 7 heteroatoms. The van der Waals surface area contributed by atoms with Crippen molar-refractivity contribution in [3.63, 3.8) is 0 Å². The minimum atomic E-state index is -0.408. The van der Waals surface area contributed by atoms with Crippen LogP contribution in [0, 0.1) is 0 Å². The van der Waals surface area contributed by atoms with Crippen molar-refractivity contribution in [2.24, 2.45) is 0 Å². The van der Waals surface area contributed by atoms with Crippen LogP contribution in [0.4, 0.5) is 4.79 Å². The first kappa shape index (κ1) is 13.6. The van der Waals surface area contributed by atoms with Gasteiger partial charge in [0.25, 0.3) is 0 Å². The number of hydrogen-bond donors (Lipinski definition) is 1. The summed E-state index contributed by atoms with van der Waals surface area (Å²) < 4.78 is 7.06. The van der Waals surface area contributed by atoms with E-state index in [1.165, 1.54) is 11.3 Å². The maximum atomic E-state index is 11.6. The third-order valence-corrected chi connectivity index (χ3v) is 3.87. The molecular weight excluding hydrogens is 288 g/mol. The summed E-state index contributed by atoms with van der Waals surface area (Å²) >= 11 is 1.53. The number of fused-ring (bicyclic) bond motifs is 1. The Morgan fingerprint density at radius 3 is 3.05 bits per heavy atom. The van der Waals surface area contributed by atoms with Gasteiger partial charge in [-0.05, 0) is 5.56 Å². The standard InChI is InChI=1S/C14H14N4O2S/c19-14(20-8-11-4-2-1-3-5-11)15-7-6-12-9-21-13-17-16-10-18(12)13/h1-5,9-10H,6-8H2,(H,15,19). The van der Waals surface area contributed by atoms with E-state index in [1.807, 2.05) is 40.1 Å². The highest BCUT2D eigenvalue weighted by Crippen LogP contribution is 2.13. The second kappa shape index (κ2) is 6.36. The van der Waals surface area contributed by atoms with Crippen LogP contribution < -0.4 is 5.32 Å². The smallest absolute Gasteiger partial charge is 0.407 e. The third-order valence-electron chi connectivity index (χ3n) is 2.99. The maximum absolute atomic E-state index is 11.6. The van der Waals surface area contributed by atoms with Crippen LogP contribution in [0.15, 0.2) is 42.0 Å². The van der Waals surface area contributed by atoms with E-state index in [2.05, 4.69) is 15.5 Å². The van der Waals surface area contributed by atoms with E-state index in [9.17, 15) is 4.79 Å². The molecule has 0 aliphatic carbocycles. The SMILES string of the molecule is O=C(NCCc1csc2nncn12)OCc1ccccc1. The molecule has 0 radical (unpaired) electrons. The summed E-state index contributed by atoms with van der Waals surface area (Å²) in [6, 6.07) is 9.59. The highest BCUT2D eigenvalue weighted by atomic mass is 32.1. The molecule has 0 fully saturated rings. The first-order valence-corrected chi connectivity index (χ1v) is 7.41. The monoisotopic (exact) mass is 302 g/mol. The number of nitrogens with one attached hydrogen (secondary N) is 1. The summed E-state index contributed by atoms with van der Waals surface area (Å²) in [4.78, 5) is 12.5. The number of ether oxygens (including phenoxy) is 1. The van der Waals surface area contributed by atoms with E-state index >= 15 is 0 Å². The Balaban J connectivity index is 1.43. The number of benzene rings is 1. The number of alkyl carbamates (subject to hydrolysis) is 1. The minimum Gasteiger partial charge on any atom is -0.445 e. The van der Waals surface area contributed by atoms with Crippen LogP contribution in [0.2, 0.25) is 0 Å². The van der Waals surface area contributed by atoms with Crippen molar-refractivity contribution < 1.29 is 9.53 Å². The van der Waals surface area contributed by atoms with Gasteiger partial charge in [-0.2, -0.15) is 0 Å². The molecule has 1 amide bonds. The van der Waals surface area contributed by atoms with E-state index in [0.717, 1.165) is 16.2 Å². The van der Waals surface area contributed by atoms with Gasteiger partial charge in [-0.3, -0.25) is 4.40 Å². The lowest BCUT2D eigenvalue weighted by molar-refractivity contribution is 0.140. The number of nitrogens with zero attached hydrogens (tertiary/aromatic N) is 3. The van der Waals surface area contributed by atoms with Crippen LogP contribution >= 0.6 is 11.3 Å². The molecule has 0 unspecified atom stereocenters. The Bertz CT molecular complexity index is 723. The summed E-state index contributed by atoms with van der Waals surface area (Å²) in [7, 11) is 0. The van der Waals surface area contributed by atoms with Crippen LogP contribution in [0.3, 0.4) is 0 Å². The number of carbonyl (C=O) groups is 1. The topological polar surface area (TPSA) is 68.5 Å². The summed E-state index contributed by atoms with van der Waals surface area (Å²) in [5.41, 5.74) is 2.04. The first-order chi connectivity index (χ1) is 10.3. The zero-order valence-corrected chi connectivity index (χ0v) is 12.0. The summed E-state index contributed by atoms with van der Waals surface area (Å²) in [6.07, 6.45) is 1.97. The van der Waals surface area contributed by atoms with Crippen LogP contribution in [0.25, 0.3) is 4.96 Å². The maximum Gasteiger partial charge on any atom is 0.407 e. The summed E-state index contributed by atoms with van der Waals surface area (Å²) in [5, 5.41) is 12.6. The molecule has 0 saturated heterocycles. The molecule has 2 heterocycles. The van der Waals surface area contributed by atoms with Gasteiger partial charge >= 0.3 is 6.09 Å². The van der Waals surface area contributed by atoms with Crippen molar-refractivity contribution in [1.29, 1.82) is 0 Å². The van der Waals surface area contributed by atoms with Crippen LogP contribution in [0.1, 0.15) is 11.3 Å². The second-order valence-corrected chi connectivity index (χ2v) is 5.29. The van der Waals surface area contributed by atoms with Crippen molar-refractivity contribution in [1.82, 2.24) is 19.9 Å². The van der Waals surface area contributed by atoms with E-state index in [4.69, 9.17) is 4.74 Å². The van der Waals surface area contributed by atoms with E-state index in [0.29, 0.717) is 13.0 Å². The average molecular weight is 302 g/mol. The number of aromatic nitrogens is 3. The fourth-order valence-corrected chi connectivity index (χ4v) is 2.77. The number of thiazole rings is 1. The van der Waals surface area contributed by atoms with Crippen molar-refractivity contribution >= 4 is 22.4 Å². The quantitative estimate of drug-likeness (QED) is 0.785. The van der Waals surface area contributed by atoms with Crippen LogP contribution in [-0.4, -0.2) is 27.2 Å². The molecular formula is C14H14N4O2S. The highest BCUT2D eigenvalue weighted by molar-refractivity contribution is 7.15. The number of rotatable bonds is 5. The fraction of sp³-hybridized carbons (Fsp3) is 0.214. The predicted molar refractivity (Wildman–Crippen MR) is 79.2 cm³/mol. The van der Waals surface area contributed by atoms with E-state index in [1.54, 1.807) is 6.33 Å². The lowest BCUT2D eigenvalue weighted by Gasteiger charge is -2.06. The van der Waals surface area contributed by atoms with E-state index in [-0.39, 0.29) is 6.61 Å². The Kier molecular flexibility index (Phi) is 4.11. The molecule has 0 bridgehead atoms. The molecule has 0 atom stereocenters. The molecule has 6 nitrogen and oxygen atoms in total. The lowest BCUT2D eigenvalue weighted by Crippen LogP contribution is -2.26. The lowest BCUT2D eigenvalue weighted by atomic mass is 10.2. The Morgan fingerprint density at radius 1 is 1.33 bits per heavy atom. The number of hydrogen-bond acceptors (Lipinski definition) is 5. The summed E-state index contributed by atoms with van der Waals surface area (Å²) in [6.45, 7) is 0.790. The molecule has 3 aromatic rings. The molecule has 1 aromatic carbocycles. The molecule has 0 spiro atoms. The van der Waals surface area contributed by atoms with Gasteiger partial charge in [0.2, 0.25) is 4.96 Å². The second-order valence-electron chi connectivity index (χ2n) is 4.45. The third kappa shape index (κ3) is 3.38. The van der Waals surface area contributed by atoms with Gasteiger partial charge in [0.1, 0.15) is 12.9 Å². The van der Waals surface area contributed by atoms with Gasteiger partial charge in [-0.1, -0.05) is 30.3 Å². The van der Waals surface area contributed by atoms with Gasteiger partial charge < -0.3 is 10.1 Å². The van der Waals surface area contributed by atoms with Crippen molar-refractivity contribution in [2.45, 2.75) is 13.0 Å². The number of amides is 1. The van der Waals surface area contributed by atoms with Crippen molar-refractivity contribution in [3.8, 4) is 0 Å². The van der Waals surface area contributed by atoms with Crippen molar-refractivity contribution in [2.75, 3.05) is 6.54 Å². The largest absolute Gasteiger partial charge is 0.445 e. The molecule has 3 rings (SSSR count). The molecule has 21 heavy (non-hydrogen) atoms. The van der Waals surface area contributed by atoms with Gasteiger partial charge in [0.15, 0.2) is 0 Å². The molecule has 2 aromatic heterocycles. The predicted octanol–water partition coefficient (Wildman–Crippen LogP) is 2.26. The molecule has 0 aliphatic rings. The normalized spacial score (nSPS) is 10.7.